The number of rotatable bonds is 5. The minimum atomic E-state index is -0.360. The molecule has 1 fully saturated rings. The summed E-state index contributed by atoms with van der Waals surface area (Å²) in [6.07, 6.45) is 1.68. The summed E-state index contributed by atoms with van der Waals surface area (Å²) in [6, 6.07) is -0.291. The van der Waals surface area contributed by atoms with Crippen molar-refractivity contribution >= 4 is 11.9 Å². The highest BCUT2D eigenvalue weighted by Crippen LogP contribution is 2.10. The third-order valence-corrected chi connectivity index (χ3v) is 3.37. The van der Waals surface area contributed by atoms with Crippen molar-refractivity contribution < 1.29 is 9.59 Å². The number of nitrogens with one attached hydrogen (secondary N) is 2. The van der Waals surface area contributed by atoms with Crippen molar-refractivity contribution in [2.75, 3.05) is 19.6 Å². The Labute approximate surface area is 115 Å². The van der Waals surface area contributed by atoms with Gasteiger partial charge in [-0.2, -0.15) is 0 Å². The highest BCUT2D eigenvalue weighted by Gasteiger charge is 2.24. The third-order valence-electron chi connectivity index (χ3n) is 3.37. The van der Waals surface area contributed by atoms with Crippen molar-refractivity contribution in [3.63, 3.8) is 0 Å². The number of likely N-dealkylation sites (tertiary alicyclic amines) is 1. The number of piperidine rings is 1. The predicted molar refractivity (Wildman–Crippen MR) is 74.6 cm³/mol. The van der Waals surface area contributed by atoms with Crippen molar-refractivity contribution in [2.24, 2.45) is 11.7 Å². The second-order valence-electron chi connectivity index (χ2n) is 5.63. The molecular weight excluding hydrogens is 244 g/mol. The molecule has 4 N–H and O–H groups in total. The summed E-state index contributed by atoms with van der Waals surface area (Å²) in [5.41, 5.74) is 5.23. The summed E-state index contributed by atoms with van der Waals surface area (Å²) in [6.45, 7) is 8.03. The number of hydrogen-bond acceptors (Lipinski definition) is 3. The number of carbonyl (C=O) groups is 2. The van der Waals surface area contributed by atoms with Gasteiger partial charge in [0.1, 0.15) is 0 Å². The summed E-state index contributed by atoms with van der Waals surface area (Å²) in [5.74, 6) is 0.487. The minimum absolute atomic E-state index is 0.0334. The average molecular weight is 270 g/mol. The lowest BCUT2D eigenvalue weighted by Crippen LogP contribution is -2.52. The van der Waals surface area contributed by atoms with Crippen LogP contribution in [-0.4, -0.2) is 48.6 Å². The molecule has 0 aliphatic carbocycles. The molecule has 3 amide bonds. The van der Waals surface area contributed by atoms with Crippen molar-refractivity contribution in [3.05, 3.63) is 0 Å². The first kappa shape index (κ1) is 15.8. The minimum Gasteiger partial charge on any atom is -0.354 e. The lowest BCUT2D eigenvalue weighted by Gasteiger charge is -2.32. The molecule has 6 nitrogen and oxygen atoms in total. The Bertz CT molecular complexity index is 312. The maximum Gasteiger partial charge on any atom is 0.314 e. The first-order valence-corrected chi connectivity index (χ1v) is 6.98. The molecular formula is C13H26N4O2. The van der Waals surface area contributed by atoms with Crippen LogP contribution >= 0.6 is 0 Å². The van der Waals surface area contributed by atoms with Gasteiger partial charge in [0, 0.05) is 25.7 Å². The van der Waals surface area contributed by atoms with E-state index in [1.165, 1.54) is 0 Å². The Balaban J connectivity index is 2.28. The second kappa shape index (κ2) is 7.33. The van der Waals surface area contributed by atoms with Crippen LogP contribution < -0.4 is 16.4 Å². The van der Waals surface area contributed by atoms with E-state index in [-0.39, 0.29) is 24.0 Å². The monoisotopic (exact) mass is 270 g/mol. The second-order valence-corrected chi connectivity index (χ2v) is 5.63. The van der Waals surface area contributed by atoms with Gasteiger partial charge in [-0.15, -0.1) is 0 Å². The molecule has 1 aliphatic rings. The number of amides is 3. The van der Waals surface area contributed by atoms with Gasteiger partial charge >= 0.3 is 6.03 Å². The van der Waals surface area contributed by atoms with E-state index in [4.69, 9.17) is 5.73 Å². The summed E-state index contributed by atoms with van der Waals surface area (Å²) in [7, 11) is 0. The van der Waals surface area contributed by atoms with Crippen molar-refractivity contribution in [3.8, 4) is 0 Å². The Morgan fingerprint density at radius 3 is 2.32 bits per heavy atom. The summed E-state index contributed by atoms with van der Waals surface area (Å²) in [5, 5.41) is 6.22. The zero-order chi connectivity index (χ0) is 14.4. The molecule has 1 aliphatic heterocycles. The summed E-state index contributed by atoms with van der Waals surface area (Å²) < 4.78 is 0. The Hall–Kier alpha value is -1.30. The number of nitrogens with two attached hydrogens (primary N) is 1. The molecule has 0 radical (unpaired) electrons. The lowest BCUT2D eigenvalue weighted by atomic mass is 10.0. The molecule has 0 saturated carbocycles. The lowest BCUT2D eigenvalue weighted by molar-refractivity contribution is -0.123. The van der Waals surface area contributed by atoms with Gasteiger partial charge in [-0.3, -0.25) is 4.79 Å². The van der Waals surface area contributed by atoms with Crippen molar-refractivity contribution in [1.82, 2.24) is 15.5 Å². The maximum absolute atomic E-state index is 11.8. The van der Waals surface area contributed by atoms with Gasteiger partial charge in [0.2, 0.25) is 5.91 Å². The van der Waals surface area contributed by atoms with E-state index < -0.39 is 0 Å². The highest BCUT2D eigenvalue weighted by molar-refractivity contribution is 5.81. The van der Waals surface area contributed by atoms with Crippen LogP contribution in [0.3, 0.4) is 0 Å². The van der Waals surface area contributed by atoms with E-state index in [9.17, 15) is 9.59 Å². The van der Waals surface area contributed by atoms with Crippen LogP contribution in [0, 0.1) is 5.92 Å². The molecule has 1 saturated heterocycles. The van der Waals surface area contributed by atoms with Gasteiger partial charge in [0.25, 0.3) is 0 Å². The molecule has 6 heteroatoms. The topological polar surface area (TPSA) is 87.5 Å². The maximum atomic E-state index is 11.8. The van der Waals surface area contributed by atoms with E-state index in [2.05, 4.69) is 24.5 Å². The fourth-order valence-electron chi connectivity index (χ4n) is 2.15. The van der Waals surface area contributed by atoms with Crippen LogP contribution in [0.1, 0.15) is 33.6 Å². The van der Waals surface area contributed by atoms with Gasteiger partial charge in [-0.25, -0.2) is 4.79 Å². The zero-order valence-corrected chi connectivity index (χ0v) is 12.1. The number of carbonyl (C=O) groups excluding carboxylic acids is 2. The number of hydrogen-bond donors (Lipinski definition) is 3. The number of primary amides is 1. The molecule has 1 unspecified atom stereocenters. The van der Waals surface area contributed by atoms with Crippen LogP contribution in [0.5, 0.6) is 0 Å². The summed E-state index contributed by atoms with van der Waals surface area (Å²) in [4.78, 5) is 24.5. The highest BCUT2D eigenvalue weighted by atomic mass is 16.2. The standard InChI is InChI=1S/C13H26N4O2/c1-9(2)8-15-12(18)10(3)16-11-4-6-17(7-5-11)13(14)19/h9-11,16H,4-8H2,1-3H3,(H2,14,19)(H,15,18). The summed E-state index contributed by atoms with van der Waals surface area (Å²) >= 11 is 0. The van der Waals surface area contributed by atoms with Crippen LogP contribution in [0.2, 0.25) is 0 Å². The van der Waals surface area contributed by atoms with E-state index in [1.807, 2.05) is 6.92 Å². The Morgan fingerprint density at radius 1 is 1.26 bits per heavy atom. The first-order valence-electron chi connectivity index (χ1n) is 6.98. The van der Waals surface area contributed by atoms with Gasteiger partial charge in [-0.1, -0.05) is 13.8 Å². The van der Waals surface area contributed by atoms with E-state index in [0.29, 0.717) is 25.6 Å². The van der Waals surface area contributed by atoms with Crippen LogP contribution in [0.25, 0.3) is 0 Å². The van der Waals surface area contributed by atoms with Gasteiger partial charge < -0.3 is 21.3 Å². The predicted octanol–water partition coefficient (Wildman–Crippen LogP) is 0.280. The molecule has 1 heterocycles. The molecule has 0 aromatic rings. The average Bonchev–Trinajstić information content (AvgIpc) is 2.36. The molecule has 1 atom stereocenters. The quantitative estimate of drug-likeness (QED) is 0.670. The molecule has 0 spiro atoms. The van der Waals surface area contributed by atoms with Gasteiger partial charge in [0.15, 0.2) is 0 Å². The van der Waals surface area contributed by atoms with Crippen molar-refractivity contribution in [2.45, 2.75) is 45.7 Å². The van der Waals surface area contributed by atoms with E-state index in [1.54, 1.807) is 4.90 Å². The number of nitrogens with zero attached hydrogens (tertiary/aromatic N) is 1. The third kappa shape index (κ3) is 5.46. The fourth-order valence-corrected chi connectivity index (χ4v) is 2.15. The first-order chi connectivity index (χ1) is 8.90. The normalized spacial score (nSPS) is 18.4. The molecule has 0 bridgehead atoms. The van der Waals surface area contributed by atoms with E-state index >= 15 is 0 Å². The SMILES string of the molecule is CC(C)CNC(=O)C(C)NC1CCN(C(N)=O)CC1. The van der Waals surface area contributed by atoms with Gasteiger partial charge in [-0.05, 0) is 25.7 Å². The molecule has 19 heavy (non-hydrogen) atoms. The van der Waals surface area contributed by atoms with Crippen LogP contribution in [-0.2, 0) is 4.79 Å². The fraction of sp³-hybridized carbons (Fsp3) is 0.846. The zero-order valence-electron chi connectivity index (χ0n) is 12.1. The Kier molecular flexibility index (Phi) is 6.08. The van der Waals surface area contributed by atoms with Crippen LogP contribution in [0.15, 0.2) is 0 Å². The van der Waals surface area contributed by atoms with E-state index in [0.717, 1.165) is 12.8 Å². The number of urea groups is 1. The molecule has 0 aromatic heterocycles. The van der Waals surface area contributed by atoms with Gasteiger partial charge in [0.05, 0.1) is 6.04 Å². The largest absolute Gasteiger partial charge is 0.354 e. The smallest absolute Gasteiger partial charge is 0.314 e. The van der Waals surface area contributed by atoms with Crippen LogP contribution in [0.4, 0.5) is 4.79 Å². The molecule has 110 valence electrons. The van der Waals surface area contributed by atoms with Crippen molar-refractivity contribution in [1.29, 1.82) is 0 Å². The molecule has 0 aromatic carbocycles. The molecule has 1 rings (SSSR count). The Morgan fingerprint density at radius 2 is 1.84 bits per heavy atom.